The molecule has 0 aliphatic rings. The molecular formula is C17H19BrO6. The van der Waals surface area contributed by atoms with Gasteiger partial charge in [-0.1, -0.05) is 0 Å². The van der Waals surface area contributed by atoms with Crippen molar-refractivity contribution in [3.05, 3.63) is 27.9 Å². The van der Waals surface area contributed by atoms with Gasteiger partial charge in [-0.3, -0.25) is 0 Å². The molecule has 1 aromatic heterocycles. The highest BCUT2D eigenvalue weighted by molar-refractivity contribution is 9.10. The summed E-state index contributed by atoms with van der Waals surface area (Å²) in [6, 6.07) is 3.34. The molecule has 0 aliphatic heterocycles. The summed E-state index contributed by atoms with van der Waals surface area (Å²) in [5, 5.41) is 0.570. The highest BCUT2D eigenvalue weighted by Crippen LogP contribution is 2.35. The van der Waals surface area contributed by atoms with Crippen LogP contribution in [-0.2, 0) is 14.3 Å². The van der Waals surface area contributed by atoms with Crippen LogP contribution in [0.3, 0.4) is 0 Å². The van der Waals surface area contributed by atoms with Crippen LogP contribution < -0.4 is 4.74 Å². The number of fused-ring (bicyclic) bond motifs is 1. The van der Waals surface area contributed by atoms with E-state index < -0.39 is 18.0 Å². The Morgan fingerprint density at radius 1 is 1.21 bits per heavy atom. The summed E-state index contributed by atoms with van der Waals surface area (Å²) < 4.78 is 21.9. The first-order valence-corrected chi connectivity index (χ1v) is 8.41. The first-order valence-electron chi connectivity index (χ1n) is 7.62. The molecular weight excluding hydrogens is 380 g/mol. The fourth-order valence-electron chi connectivity index (χ4n) is 2.27. The molecule has 0 spiro atoms. The minimum Gasteiger partial charge on any atom is -0.478 e. The molecule has 0 saturated heterocycles. The fraction of sp³-hybridized carbons (Fsp3) is 0.412. The average Bonchev–Trinajstić information content (AvgIpc) is 2.83. The van der Waals surface area contributed by atoms with Crippen molar-refractivity contribution in [2.24, 2.45) is 0 Å². The lowest BCUT2D eigenvalue weighted by molar-refractivity contribution is -0.150. The van der Waals surface area contributed by atoms with Crippen molar-refractivity contribution in [3.63, 3.8) is 0 Å². The third-order valence-corrected chi connectivity index (χ3v) is 3.94. The van der Waals surface area contributed by atoms with Crippen molar-refractivity contribution in [2.75, 3.05) is 13.2 Å². The zero-order valence-electron chi connectivity index (χ0n) is 14.0. The normalized spacial score (nSPS) is 12.0. The molecule has 0 unspecified atom stereocenters. The van der Waals surface area contributed by atoms with Crippen molar-refractivity contribution in [1.29, 1.82) is 0 Å². The van der Waals surface area contributed by atoms with Crippen LogP contribution in [0.25, 0.3) is 11.0 Å². The van der Waals surface area contributed by atoms with Crippen LogP contribution in [0.5, 0.6) is 5.75 Å². The number of carbonyl (C=O) groups excluding carboxylic acids is 2. The second-order valence-corrected chi connectivity index (χ2v) is 5.90. The van der Waals surface area contributed by atoms with Crippen molar-refractivity contribution in [2.45, 2.75) is 33.8 Å². The topological polar surface area (TPSA) is 75.0 Å². The predicted molar refractivity (Wildman–Crippen MR) is 91.3 cm³/mol. The van der Waals surface area contributed by atoms with Crippen LogP contribution in [0, 0.1) is 6.92 Å². The Morgan fingerprint density at radius 3 is 2.50 bits per heavy atom. The standard InChI is InChI=1S/C17H19BrO6/c1-5-21-16(19)10(4)24-14-7-11-13(8-12(14)18)23-9(3)15(11)17(20)22-6-2/h7-8,10H,5-6H2,1-4H3/t10-/m0/s1. The van der Waals surface area contributed by atoms with Gasteiger partial charge >= 0.3 is 11.9 Å². The van der Waals surface area contributed by atoms with E-state index in [2.05, 4.69) is 15.9 Å². The summed E-state index contributed by atoms with van der Waals surface area (Å²) in [6.45, 7) is 7.31. The third-order valence-electron chi connectivity index (χ3n) is 3.32. The Morgan fingerprint density at radius 2 is 1.88 bits per heavy atom. The predicted octanol–water partition coefficient (Wildman–Crippen LogP) is 4.01. The van der Waals surface area contributed by atoms with Gasteiger partial charge in [0.2, 0.25) is 0 Å². The van der Waals surface area contributed by atoms with Crippen molar-refractivity contribution in [3.8, 4) is 5.75 Å². The molecule has 2 rings (SSSR count). The average molecular weight is 399 g/mol. The maximum Gasteiger partial charge on any atom is 0.347 e. The quantitative estimate of drug-likeness (QED) is 0.684. The number of halogens is 1. The van der Waals surface area contributed by atoms with Gasteiger partial charge in [-0.2, -0.15) is 0 Å². The van der Waals surface area contributed by atoms with Gasteiger partial charge in [0.05, 0.1) is 17.7 Å². The molecule has 0 fully saturated rings. The molecule has 7 heteroatoms. The SMILES string of the molecule is CCOC(=O)c1c(C)oc2cc(Br)c(O[C@@H](C)C(=O)OCC)cc12. The monoisotopic (exact) mass is 398 g/mol. The van der Waals surface area contributed by atoms with Gasteiger partial charge in [0, 0.05) is 5.39 Å². The molecule has 0 saturated carbocycles. The molecule has 0 radical (unpaired) electrons. The molecule has 1 heterocycles. The first kappa shape index (κ1) is 18.3. The smallest absolute Gasteiger partial charge is 0.347 e. The molecule has 6 nitrogen and oxygen atoms in total. The molecule has 24 heavy (non-hydrogen) atoms. The lowest BCUT2D eigenvalue weighted by Gasteiger charge is -2.14. The fourth-order valence-corrected chi connectivity index (χ4v) is 2.68. The van der Waals surface area contributed by atoms with E-state index in [0.29, 0.717) is 32.5 Å². The summed E-state index contributed by atoms with van der Waals surface area (Å²) in [4.78, 5) is 23.9. The molecule has 0 amide bonds. The van der Waals surface area contributed by atoms with Gasteiger partial charge in [-0.05, 0) is 55.8 Å². The van der Waals surface area contributed by atoms with Crippen LogP contribution >= 0.6 is 15.9 Å². The van der Waals surface area contributed by atoms with Gasteiger partial charge in [0.25, 0.3) is 0 Å². The number of hydrogen-bond donors (Lipinski definition) is 0. The van der Waals surface area contributed by atoms with E-state index in [4.69, 9.17) is 18.6 Å². The summed E-state index contributed by atoms with van der Waals surface area (Å²) in [6.07, 6.45) is -0.780. The van der Waals surface area contributed by atoms with Crippen LogP contribution in [0.2, 0.25) is 0 Å². The largest absolute Gasteiger partial charge is 0.478 e. The van der Waals surface area contributed by atoms with Gasteiger partial charge < -0.3 is 18.6 Å². The van der Waals surface area contributed by atoms with E-state index >= 15 is 0 Å². The molecule has 0 aliphatic carbocycles. The van der Waals surface area contributed by atoms with E-state index in [1.165, 1.54) is 0 Å². The van der Waals surface area contributed by atoms with Gasteiger partial charge in [-0.25, -0.2) is 9.59 Å². The van der Waals surface area contributed by atoms with Crippen LogP contribution in [0.1, 0.15) is 36.9 Å². The molecule has 0 bridgehead atoms. The Hall–Kier alpha value is -2.02. The number of ether oxygens (including phenoxy) is 3. The number of rotatable bonds is 6. The van der Waals surface area contributed by atoms with E-state index in [0.717, 1.165) is 0 Å². The van der Waals surface area contributed by atoms with Crippen LogP contribution in [-0.4, -0.2) is 31.3 Å². The van der Waals surface area contributed by atoms with Gasteiger partial charge in [0.1, 0.15) is 22.7 Å². The number of esters is 2. The van der Waals surface area contributed by atoms with Crippen molar-refractivity contribution >= 4 is 38.8 Å². The lowest BCUT2D eigenvalue weighted by Crippen LogP contribution is -2.26. The second kappa shape index (κ2) is 7.70. The molecule has 0 N–H and O–H groups in total. The minimum atomic E-state index is -0.780. The summed E-state index contributed by atoms with van der Waals surface area (Å²) >= 11 is 3.38. The van der Waals surface area contributed by atoms with Crippen molar-refractivity contribution < 1.29 is 28.2 Å². The number of hydrogen-bond acceptors (Lipinski definition) is 6. The molecule has 1 atom stereocenters. The number of aryl methyl sites for hydroxylation is 1. The maximum absolute atomic E-state index is 12.1. The van der Waals surface area contributed by atoms with E-state index in [1.54, 1.807) is 39.8 Å². The van der Waals surface area contributed by atoms with E-state index in [1.807, 2.05) is 0 Å². The zero-order valence-corrected chi connectivity index (χ0v) is 15.6. The summed E-state index contributed by atoms with van der Waals surface area (Å²) in [5.74, 6) is -0.0423. The first-order chi connectivity index (χ1) is 11.4. The number of furan rings is 1. The zero-order chi connectivity index (χ0) is 17.9. The van der Waals surface area contributed by atoms with Gasteiger partial charge in [0.15, 0.2) is 6.10 Å². The highest BCUT2D eigenvalue weighted by Gasteiger charge is 2.23. The molecule has 2 aromatic rings. The highest BCUT2D eigenvalue weighted by atomic mass is 79.9. The van der Waals surface area contributed by atoms with E-state index in [-0.39, 0.29) is 13.2 Å². The summed E-state index contributed by atoms with van der Waals surface area (Å²) in [7, 11) is 0. The van der Waals surface area contributed by atoms with Gasteiger partial charge in [-0.15, -0.1) is 0 Å². The Bertz CT molecular complexity index is 764. The maximum atomic E-state index is 12.1. The van der Waals surface area contributed by atoms with E-state index in [9.17, 15) is 9.59 Å². The van der Waals surface area contributed by atoms with Crippen LogP contribution in [0.4, 0.5) is 0 Å². The Labute approximate surface area is 148 Å². The van der Waals surface area contributed by atoms with Crippen LogP contribution in [0.15, 0.2) is 21.0 Å². The Balaban J connectivity index is 2.41. The minimum absolute atomic E-state index is 0.269. The summed E-state index contributed by atoms with van der Waals surface area (Å²) in [5.41, 5.74) is 0.881. The Kier molecular flexibility index (Phi) is 5.88. The molecule has 1 aromatic carbocycles. The van der Waals surface area contributed by atoms with Crippen molar-refractivity contribution in [1.82, 2.24) is 0 Å². The molecule has 130 valence electrons. The lowest BCUT2D eigenvalue weighted by atomic mass is 10.1. The number of benzene rings is 1. The second-order valence-electron chi connectivity index (χ2n) is 5.04. The third kappa shape index (κ3) is 3.72. The number of carbonyl (C=O) groups is 2.